The molecule has 1 atom stereocenters. The van der Waals surface area contributed by atoms with E-state index in [4.69, 9.17) is 0 Å². The largest absolute Gasteiger partial charge is 0.313 e. The van der Waals surface area contributed by atoms with E-state index in [0.717, 1.165) is 12.0 Å². The van der Waals surface area contributed by atoms with Crippen molar-refractivity contribution in [3.8, 4) is 0 Å². The molecule has 15 heavy (non-hydrogen) atoms. The zero-order chi connectivity index (χ0) is 10.9. The normalized spacial score (nSPS) is 20.7. The van der Waals surface area contributed by atoms with Crippen molar-refractivity contribution in [1.82, 2.24) is 5.32 Å². The van der Waals surface area contributed by atoms with Crippen LogP contribution in [0.1, 0.15) is 43.4 Å². The molecule has 1 saturated carbocycles. The third-order valence-corrected chi connectivity index (χ3v) is 3.51. The lowest BCUT2D eigenvalue weighted by Crippen LogP contribution is -2.28. The SMILES string of the molecule is CNC(C)c1ccc(C2(F)CCC2)cc1. The molecule has 0 spiro atoms. The molecule has 1 aliphatic carbocycles. The second kappa shape index (κ2) is 3.93. The average Bonchev–Trinajstić information content (AvgIpc) is 2.25. The number of halogens is 1. The zero-order valence-corrected chi connectivity index (χ0v) is 9.39. The van der Waals surface area contributed by atoms with Gasteiger partial charge in [0.15, 0.2) is 0 Å². The second-order valence-electron chi connectivity index (χ2n) is 4.45. The van der Waals surface area contributed by atoms with Crippen molar-refractivity contribution in [3.05, 3.63) is 35.4 Å². The predicted octanol–water partition coefficient (Wildman–Crippen LogP) is 3.32. The first-order chi connectivity index (χ1) is 7.15. The van der Waals surface area contributed by atoms with Crippen molar-refractivity contribution in [1.29, 1.82) is 0 Å². The molecule has 1 aromatic rings. The summed E-state index contributed by atoms with van der Waals surface area (Å²) in [6.45, 7) is 2.10. The Morgan fingerprint density at radius 3 is 2.27 bits per heavy atom. The van der Waals surface area contributed by atoms with Crippen molar-refractivity contribution in [2.24, 2.45) is 0 Å². The molecule has 0 radical (unpaired) electrons. The monoisotopic (exact) mass is 207 g/mol. The van der Waals surface area contributed by atoms with E-state index >= 15 is 0 Å². The van der Waals surface area contributed by atoms with Gasteiger partial charge in [0.05, 0.1) is 0 Å². The topological polar surface area (TPSA) is 12.0 Å². The third-order valence-electron chi connectivity index (χ3n) is 3.51. The van der Waals surface area contributed by atoms with Crippen LogP contribution in [0.5, 0.6) is 0 Å². The molecule has 0 bridgehead atoms. The molecule has 82 valence electrons. The van der Waals surface area contributed by atoms with Gasteiger partial charge in [-0.3, -0.25) is 0 Å². The molecule has 1 fully saturated rings. The minimum Gasteiger partial charge on any atom is -0.313 e. The van der Waals surface area contributed by atoms with Gasteiger partial charge in [0, 0.05) is 6.04 Å². The minimum atomic E-state index is -1.03. The molecule has 2 heteroatoms. The molecular formula is C13H18FN. The van der Waals surface area contributed by atoms with Crippen LogP contribution in [-0.4, -0.2) is 7.05 Å². The van der Waals surface area contributed by atoms with Crippen molar-refractivity contribution < 1.29 is 4.39 Å². The van der Waals surface area contributed by atoms with Crippen molar-refractivity contribution in [3.63, 3.8) is 0 Å². The molecule has 1 N–H and O–H groups in total. The van der Waals surface area contributed by atoms with Gasteiger partial charge in [0.25, 0.3) is 0 Å². The Hall–Kier alpha value is -0.890. The molecule has 2 rings (SSSR count). The second-order valence-corrected chi connectivity index (χ2v) is 4.45. The van der Waals surface area contributed by atoms with Gasteiger partial charge < -0.3 is 5.32 Å². The summed E-state index contributed by atoms with van der Waals surface area (Å²) in [5.41, 5.74) is 1.03. The van der Waals surface area contributed by atoms with E-state index in [1.54, 1.807) is 0 Å². The summed E-state index contributed by atoms with van der Waals surface area (Å²) in [6.07, 6.45) is 2.40. The van der Waals surface area contributed by atoms with Gasteiger partial charge in [-0.2, -0.15) is 0 Å². The average molecular weight is 207 g/mol. The highest BCUT2D eigenvalue weighted by atomic mass is 19.1. The predicted molar refractivity (Wildman–Crippen MR) is 60.6 cm³/mol. The van der Waals surface area contributed by atoms with Crippen molar-refractivity contribution in [2.45, 2.75) is 37.9 Å². The smallest absolute Gasteiger partial charge is 0.136 e. The molecule has 0 heterocycles. The van der Waals surface area contributed by atoms with Crippen LogP contribution in [-0.2, 0) is 5.67 Å². The molecule has 0 amide bonds. The number of alkyl halides is 1. The minimum absolute atomic E-state index is 0.330. The maximum absolute atomic E-state index is 14.0. The van der Waals surface area contributed by atoms with Gasteiger partial charge in [-0.15, -0.1) is 0 Å². The van der Waals surface area contributed by atoms with Crippen LogP contribution in [0.4, 0.5) is 4.39 Å². The Morgan fingerprint density at radius 2 is 1.87 bits per heavy atom. The Balaban J connectivity index is 2.17. The van der Waals surface area contributed by atoms with Crippen LogP contribution in [0.2, 0.25) is 0 Å². The Kier molecular flexibility index (Phi) is 2.79. The first-order valence-corrected chi connectivity index (χ1v) is 5.62. The standard InChI is InChI=1S/C13H18FN/c1-10(15-2)11-4-6-12(7-5-11)13(14)8-3-9-13/h4-7,10,15H,3,8-9H2,1-2H3. The Morgan fingerprint density at radius 1 is 1.27 bits per heavy atom. The fourth-order valence-corrected chi connectivity index (χ4v) is 2.01. The van der Waals surface area contributed by atoms with Crippen molar-refractivity contribution in [2.75, 3.05) is 7.05 Å². The maximum Gasteiger partial charge on any atom is 0.136 e. The Bertz CT molecular complexity index is 327. The summed E-state index contributed by atoms with van der Waals surface area (Å²) in [7, 11) is 1.93. The van der Waals surface area contributed by atoms with Gasteiger partial charge in [0.2, 0.25) is 0 Å². The first-order valence-electron chi connectivity index (χ1n) is 5.62. The van der Waals surface area contributed by atoms with Crippen LogP contribution in [0.3, 0.4) is 0 Å². The molecule has 0 aromatic heterocycles. The first kappa shape index (κ1) is 10.6. The van der Waals surface area contributed by atoms with Crippen LogP contribution in [0.25, 0.3) is 0 Å². The summed E-state index contributed by atoms with van der Waals surface area (Å²) < 4.78 is 14.0. The summed E-state index contributed by atoms with van der Waals surface area (Å²) in [5, 5.41) is 3.17. The maximum atomic E-state index is 14.0. The Labute approximate surface area is 90.7 Å². The third kappa shape index (κ3) is 1.91. The van der Waals surface area contributed by atoms with E-state index in [2.05, 4.69) is 12.2 Å². The molecule has 0 aliphatic heterocycles. The number of hydrogen-bond acceptors (Lipinski definition) is 1. The van der Waals surface area contributed by atoms with E-state index in [9.17, 15) is 4.39 Å². The summed E-state index contributed by atoms with van der Waals surface area (Å²) in [6, 6.07) is 8.24. The van der Waals surface area contributed by atoms with E-state index in [0.29, 0.717) is 18.9 Å². The van der Waals surface area contributed by atoms with Crippen LogP contribution in [0, 0.1) is 0 Å². The number of rotatable bonds is 3. The number of benzene rings is 1. The lowest BCUT2D eigenvalue weighted by atomic mass is 9.76. The molecular weight excluding hydrogens is 189 g/mol. The summed E-state index contributed by atoms with van der Waals surface area (Å²) in [4.78, 5) is 0. The van der Waals surface area contributed by atoms with E-state index in [1.165, 1.54) is 5.56 Å². The zero-order valence-electron chi connectivity index (χ0n) is 9.39. The lowest BCUT2D eigenvalue weighted by molar-refractivity contribution is 0.0609. The van der Waals surface area contributed by atoms with Gasteiger partial charge in [0.1, 0.15) is 5.67 Å². The fourth-order valence-electron chi connectivity index (χ4n) is 2.01. The number of nitrogens with one attached hydrogen (secondary N) is 1. The quantitative estimate of drug-likeness (QED) is 0.801. The van der Waals surface area contributed by atoms with Gasteiger partial charge in [-0.1, -0.05) is 24.3 Å². The highest BCUT2D eigenvalue weighted by Gasteiger charge is 2.38. The van der Waals surface area contributed by atoms with Crippen molar-refractivity contribution >= 4 is 0 Å². The lowest BCUT2D eigenvalue weighted by Gasteiger charge is -2.34. The van der Waals surface area contributed by atoms with Crippen LogP contribution < -0.4 is 5.32 Å². The molecule has 1 aliphatic rings. The van der Waals surface area contributed by atoms with Gasteiger partial charge in [-0.25, -0.2) is 4.39 Å². The molecule has 1 unspecified atom stereocenters. The highest BCUT2D eigenvalue weighted by molar-refractivity contribution is 5.30. The molecule has 0 saturated heterocycles. The van der Waals surface area contributed by atoms with Crippen LogP contribution in [0.15, 0.2) is 24.3 Å². The molecule has 1 nitrogen and oxygen atoms in total. The van der Waals surface area contributed by atoms with Crippen LogP contribution >= 0.6 is 0 Å². The summed E-state index contributed by atoms with van der Waals surface area (Å²) in [5.74, 6) is 0. The van der Waals surface area contributed by atoms with Gasteiger partial charge in [-0.05, 0) is 44.4 Å². The van der Waals surface area contributed by atoms with Gasteiger partial charge >= 0.3 is 0 Å². The van der Waals surface area contributed by atoms with E-state index in [-0.39, 0.29) is 0 Å². The number of hydrogen-bond donors (Lipinski definition) is 1. The molecule has 1 aromatic carbocycles. The summed E-state index contributed by atoms with van der Waals surface area (Å²) >= 11 is 0. The fraction of sp³-hybridized carbons (Fsp3) is 0.538. The van der Waals surface area contributed by atoms with E-state index < -0.39 is 5.67 Å². The van der Waals surface area contributed by atoms with E-state index in [1.807, 2.05) is 31.3 Å². The highest BCUT2D eigenvalue weighted by Crippen LogP contribution is 2.44.